The Morgan fingerprint density at radius 1 is 1.16 bits per heavy atom. The second-order valence-electron chi connectivity index (χ2n) is 9.63. The van der Waals surface area contributed by atoms with Crippen LogP contribution >= 0.6 is 0 Å². The fraction of sp³-hybridized carbons (Fsp3) is 0.731. The van der Waals surface area contributed by atoms with Gasteiger partial charge in [-0.3, -0.25) is 4.99 Å². The minimum Gasteiger partial charge on any atom is -0.497 e. The van der Waals surface area contributed by atoms with Gasteiger partial charge in [-0.2, -0.15) is 0 Å². The third-order valence-corrected chi connectivity index (χ3v) is 7.57. The fourth-order valence-electron chi connectivity index (χ4n) is 5.57. The number of ether oxygens (including phenoxy) is 3. The quantitative estimate of drug-likeness (QED) is 0.507. The van der Waals surface area contributed by atoms with E-state index in [0.717, 1.165) is 63.8 Å². The molecule has 0 radical (unpaired) electrons. The second-order valence-corrected chi connectivity index (χ2v) is 9.63. The molecule has 1 N–H and O–H groups in total. The molecule has 1 saturated carbocycles. The van der Waals surface area contributed by atoms with Crippen LogP contribution in [0, 0.1) is 0 Å². The van der Waals surface area contributed by atoms with E-state index in [-0.39, 0.29) is 5.41 Å². The van der Waals surface area contributed by atoms with E-state index < -0.39 is 0 Å². The molecule has 0 bridgehead atoms. The third-order valence-electron chi connectivity index (χ3n) is 7.57. The van der Waals surface area contributed by atoms with Gasteiger partial charge in [-0.15, -0.1) is 0 Å². The molecule has 0 amide bonds. The lowest BCUT2D eigenvalue weighted by atomic mass is 9.78. The predicted molar refractivity (Wildman–Crippen MR) is 129 cm³/mol. The highest BCUT2D eigenvalue weighted by Gasteiger charge is 2.36. The minimum atomic E-state index is 0.159. The van der Waals surface area contributed by atoms with E-state index in [0.29, 0.717) is 12.2 Å². The van der Waals surface area contributed by atoms with Crippen LogP contribution in [-0.4, -0.2) is 70.1 Å². The number of benzene rings is 1. The van der Waals surface area contributed by atoms with Crippen molar-refractivity contribution in [1.82, 2.24) is 10.2 Å². The molecular weight excluding hydrogens is 402 g/mol. The average molecular weight is 444 g/mol. The van der Waals surface area contributed by atoms with Crippen molar-refractivity contribution >= 4 is 5.96 Å². The third kappa shape index (κ3) is 5.76. The Labute approximate surface area is 193 Å². The molecular formula is C26H41N3O3. The summed E-state index contributed by atoms with van der Waals surface area (Å²) in [5.41, 5.74) is 1.54. The van der Waals surface area contributed by atoms with Crippen molar-refractivity contribution in [1.29, 1.82) is 0 Å². The van der Waals surface area contributed by atoms with Crippen LogP contribution < -0.4 is 10.1 Å². The lowest BCUT2D eigenvalue weighted by Gasteiger charge is -2.37. The van der Waals surface area contributed by atoms with E-state index >= 15 is 0 Å². The number of rotatable bonds is 7. The molecule has 1 unspecified atom stereocenters. The standard InChI is InChI=1S/C26H41N3O3/c1-27-25(29-15-11-22(12-16-29)32-19-24-9-3-6-17-31-24)28-20-26(13-4-5-14-26)21-8-7-10-23(18-21)30-2/h7-8,10,18,22,24H,3-6,9,11-17,19-20H2,1-2H3,(H,27,28). The predicted octanol–water partition coefficient (Wildman–Crippen LogP) is 4.13. The van der Waals surface area contributed by atoms with Crippen LogP contribution in [0.4, 0.5) is 0 Å². The van der Waals surface area contributed by atoms with Crippen LogP contribution in [-0.2, 0) is 14.9 Å². The number of hydrogen-bond donors (Lipinski definition) is 1. The van der Waals surface area contributed by atoms with Crippen molar-refractivity contribution in [2.24, 2.45) is 4.99 Å². The molecule has 6 heteroatoms. The van der Waals surface area contributed by atoms with Crippen LogP contribution in [0.1, 0.15) is 63.4 Å². The van der Waals surface area contributed by atoms with Gasteiger partial charge in [0.25, 0.3) is 0 Å². The lowest BCUT2D eigenvalue weighted by Crippen LogP contribution is -2.50. The normalized spacial score (nSPS) is 24.5. The van der Waals surface area contributed by atoms with Gasteiger partial charge in [0.1, 0.15) is 5.75 Å². The summed E-state index contributed by atoms with van der Waals surface area (Å²) in [6.45, 7) is 4.54. The zero-order chi connectivity index (χ0) is 22.2. The van der Waals surface area contributed by atoms with E-state index in [1.165, 1.54) is 44.1 Å². The van der Waals surface area contributed by atoms with E-state index in [4.69, 9.17) is 14.2 Å². The molecule has 1 aromatic carbocycles. The summed E-state index contributed by atoms with van der Waals surface area (Å²) >= 11 is 0. The van der Waals surface area contributed by atoms with Crippen LogP contribution in [0.15, 0.2) is 29.3 Å². The highest BCUT2D eigenvalue weighted by atomic mass is 16.5. The molecule has 6 nitrogen and oxygen atoms in total. The number of nitrogens with one attached hydrogen (secondary N) is 1. The van der Waals surface area contributed by atoms with Crippen LogP contribution in [0.3, 0.4) is 0 Å². The first kappa shape index (κ1) is 23.4. The summed E-state index contributed by atoms with van der Waals surface area (Å²) in [4.78, 5) is 7.02. The maximum atomic E-state index is 6.20. The molecule has 1 aliphatic carbocycles. The Bertz CT molecular complexity index is 734. The van der Waals surface area contributed by atoms with E-state index in [2.05, 4.69) is 33.4 Å². The lowest BCUT2D eigenvalue weighted by molar-refractivity contribution is -0.0721. The minimum absolute atomic E-state index is 0.159. The maximum Gasteiger partial charge on any atom is 0.193 e. The van der Waals surface area contributed by atoms with Crippen molar-refractivity contribution in [2.75, 3.05) is 47.0 Å². The molecule has 32 heavy (non-hydrogen) atoms. The van der Waals surface area contributed by atoms with E-state index in [1.807, 2.05) is 13.1 Å². The van der Waals surface area contributed by atoms with E-state index in [9.17, 15) is 0 Å². The molecule has 2 saturated heterocycles. The second kappa shape index (κ2) is 11.4. The molecule has 2 aliphatic heterocycles. The van der Waals surface area contributed by atoms with E-state index in [1.54, 1.807) is 7.11 Å². The largest absolute Gasteiger partial charge is 0.497 e. The van der Waals surface area contributed by atoms with Crippen LogP contribution in [0.5, 0.6) is 5.75 Å². The smallest absolute Gasteiger partial charge is 0.193 e. The van der Waals surface area contributed by atoms with Gasteiger partial charge in [0.2, 0.25) is 0 Å². The summed E-state index contributed by atoms with van der Waals surface area (Å²) < 4.78 is 17.5. The molecule has 178 valence electrons. The molecule has 0 spiro atoms. The number of piperidine rings is 1. The van der Waals surface area contributed by atoms with Crippen molar-refractivity contribution in [2.45, 2.75) is 75.4 Å². The zero-order valence-electron chi connectivity index (χ0n) is 20.0. The first-order valence-corrected chi connectivity index (χ1v) is 12.6. The Hall–Kier alpha value is -1.79. The van der Waals surface area contributed by atoms with Gasteiger partial charge >= 0.3 is 0 Å². The summed E-state index contributed by atoms with van der Waals surface area (Å²) in [6, 6.07) is 8.63. The molecule has 0 aromatic heterocycles. The summed E-state index contributed by atoms with van der Waals surface area (Å²) in [5, 5.41) is 3.73. The van der Waals surface area contributed by atoms with Crippen LogP contribution in [0.25, 0.3) is 0 Å². The van der Waals surface area contributed by atoms with Gasteiger partial charge in [-0.1, -0.05) is 25.0 Å². The number of nitrogens with zero attached hydrogens (tertiary/aromatic N) is 2. The van der Waals surface area contributed by atoms with Gasteiger partial charge in [0.15, 0.2) is 5.96 Å². The Morgan fingerprint density at radius 3 is 2.66 bits per heavy atom. The topological polar surface area (TPSA) is 55.3 Å². The number of hydrogen-bond acceptors (Lipinski definition) is 4. The monoisotopic (exact) mass is 443 g/mol. The Balaban J connectivity index is 1.28. The highest BCUT2D eigenvalue weighted by molar-refractivity contribution is 5.80. The fourth-order valence-corrected chi connectivity index (χ4v) is 5.57. The van der Waals surface area contributed by atoms with Crippen molar-refractivity contribution in [3.63, 3.8) is 0 Å². The molecule has 3 fully saturated rings. The number of likely N-dealkylation sites (tertiary alicyclic amines) is 1. The van der Waals surface area contributed by atoms with Gasteiger partial charge in [-0.05, 0) is 62.6 Å². The summed E-state index contributed by atoms with van der Waals surface area (Å²) in [6.07, 6.45) is 11.3. The highest BCUT2D eigenvalue weighted by Crippen LogP contribution is 2.41. The Kier molecular flexibility index (Phi) is 8.31. The molecule has 2 heterocycles. The van der Waals surface area contributed by atoms with Crippen molar-refractivity contribution < 1.29 is 14.2 Å². The zero-order valence-corrected chi connectivity index (χ0v) is 20.0. The number of aliphatic imine (C=N–C) groups is 1. The first-order chi connectivity index (χ1) is 15.7. The summed E-state index contributed by atoms with van der Waals surface area (Å²) in [7, 11) is 3.65. The average Bonchev–Trinajstić information content (AvgIpc) is 3.35. The number of methoxy groups -OCH3 is 1. The van der Waals surface area contributed by atoms with Crippen molar-refractivity contribution in [3.05, 3.63) is 29.8 Å². The van der Waals surface area contributed by atoms with Gasteiger partial charge in [-0.25, -0.2) is 0 Å². The van der Waals surface area contributed by atoms with Crippen molar-refractivity contribution in [3.8, 4) is 5.75 Å². The van der Waals surface area contributed by atoms with Gasteiger partial charge in [0.05, 0.1) is 25.9 Å². The first-order valence-electron chi connectivity index (χ1n) is 12.6. The number of guanidine groups is 1. The maximum absolute atomic E-state index is 6.20. The van der Waals surface area contributed by atoms with Gasteiger partial charge < -0.3 is 24.4 Å². The SMILES string of the molecule is CN=C(NCC1(c2cccc(OC)c2)CCCC1)N1CCC(OCC2CCCCO2)CC1. The molecule has 4 rings (SSSR count). The molecule has 3 aliphatic rings. The molecule has 1 atom stereocenters. The van der Waals surface area contributed by atoms with Gasteiger partial charge in [0, 0.05) is 38.7 Å². The Morgan fingerprint density at radius 2 is 1.97 bits per heavy atom. The molecule has 1 aromatic rings. The summed E-state index contributed by atoms with van der Waals surface area (Å²) in [5.74, 6) is 1.96. The van der Waals surface area contributed by atoms with Crippen LogP contribution in [0.2, 0.25) is 0 Å².